The van der Waals surface area contributed by atoms with Crippen LogP contribution >= 0.6 is 0 Å². The highest BCUT2D eigenvalue weighted by Gasteiger charge is 2.46. The fourth-order valence-electron chi connectivity index (χ4n) is 5.35. The predicted octanol–water partition coefficient (Wildman–Crippen LogP) is 3.66. The average molecular weight is 531 g/mol. The van der Waals surface area contributed by atoms with Gasteiger partial charge in [-0.3, -0.25) is 14.5 Å². The summed E-state index contributed by atoms with van der Waals surface area (Å²) in [5.74, 6) is -1.02. The van der Waals surface area contributed by atoms with Gasteiger partial charge in [-0.15, -0.1) is 0 Å². The van der Waals surface area contributed by atoms with Crippen molar-refractivity contribution in [3.63, 3.8) is 0 Å². The fourth-order valence-corrected chi connectivity index (χ4v) is 5.35. The molecule has 2 aliphatic rings. The van der Waals surface area contributed by atoms with Gasteiger partial charge in [-0.05, 0) is 49.6 Å². The highest BCUT2D eigenvalue weighted by molar-refractivity contribution is 6.46. The predicted molar refractivity (Wildman–Crippen MR) is 148 cm³/mol. The van der Waals surface area contributed by atoms with E-state index in [2.05, 4.69) is 16.5 Å². The van der Waals surface area contributed by atoms with Gasteiger partial charge in [-0.25, -0.2) is 4.98 Å². The van der Waals surface area contributed by atoms with Crippen LogP contribution in [0.25, 0.3) is 11.4 Å². The number of hydrogen-bond acceptors (Lipinski definition) is 7. The third kappa shape index (κ3) is 5.20. The topological polar surface area (TPSA) is 96.6 Å². The van der Waals surface area contributed by atoms with Gasteiger partial charge in [0.05, 0.1) is 30.5 Å². The van der Waals surface area contributed by atoms with Crippen LogP contribution in [0.2, 0.25) is 0 Å². The van der Waals surface area contributed by atoms with Crippen molar-refractivity contribution in [1.82, 2.24) is 19.2 Å². The number of hydrogen-bond donors (Lipinski definition) is 1. The van der Waals surface area contributed by atoms with Crippen LogP contribution in [-0.2, 0) is 14.3 Å². The van der Waals surface area contributed by atoms with Gasteiger partial charge < -0.3 is 23.9 Å². The molecule has 0 aliphatic carbocycles. The number of Topliss-reactive ketones (excluding diaryl/α,β-unsaturated/α-hetero) is 1. The number of aryl methyl sites for hydroxylation is 2. The minimum Gasteiger partial charge on any atom is -0.505 e. The minimum absolute atomic E-state index is 0.0383. The number of aliphatic hydroxyl groups is 1. The van der Waals surface area contributed by atoms with Crippen molar-refractivity contribution < 1.29 is 24.2 Å². The molecule has 2 aliphatic heterocycles. The monoisotopic (exact) mass is 530 g/mol. The van der Waals surface area contributed by atoms with Gasteiger partial charge in [0.2, 0.25) is 0 Å². The molecule has 9 nitrogen and oxygen atoms in total. The average Bonchev–Trinajstić information content (AvgIpc) is 3.42. The number of aliphatic hydroxyl groups excluding tert-OH is 1. The molecule has 1 atom stereocenters. The molecular formula is C30H34N4O5. The summed E-state index contributed by atoms with van der Waals surface area (Å²) in [6.45, 7) is 12.0. The van der Waals surface area contributed by atoms with Crippen molar-refractivity contribution >= 4 is 23.1 Å². The van der Waals surface area contributed by atoms with E-state index >= 15 is 0 Å². The van der Waals surface area contributed by atoms with Crippen LogP contribution in [-0.4, -0.2) is 82.0 Å². The van der Waals surface area contributed by atoms with Gasteiger partial charge in [0.1, 0.15) is 23.7 Å². The van der Waals surface area contributed by atoms with Gasteiger partial charge in [0.15, 0.2) is 5.76 Å². The van der Waals surface area contributed by atoms with E-state index in [-0.39, 0.29) is 11.3 Å². The summed E-state index contributed by atoms with van der Waals surface area (Å²) >= 11 is 0. The molecule has 39 heavy (non-hydrogen) atoms. The third-order valence-corrected chi connectivity index (χ3v) is 7.37. The van der Waals surface area contributed by atoms with Crippen molar-refractivity contribution in [2.75, 3.05) is 46.0 Å². The zero-order valence-corrected chi connectivity index (χ0v) is 22.4. The fraction of sp³-hybridized carbons (Fsp3) is 0.367. The number of morpholine rings is 1. The Morgan fingerprint density at radius 3 is 2.72 bits per heavy atom. The molecule has 204 valence electrons. The summed E-state index contributed by atoms with van der Waals surface area (Å²) in [5, 5.41) is 11.6. The highest BCUT2D eigenvalue weighted by Crippen LogP contribution is 2.40. The lowest BCUT2D eigenvalue weighted by atomic mass is 9.96. The normalized spacial score (nSPS) is 19.6. The molecule has 1 N–H and O–H groups in total. The molecule has 0 spiro atoms. The van der Waals surface area contributed by atoms with Crippen LogP contribution in [0.1, 0.15) is 35.0 Å². The molecule has 2 saturated heterocycles. The molecule has 9 heteroatoms. The number of fused-ring (bicyclic) bond motifs is 1. The number of nitrogens with zero attached hydrogens (tertiary/aromatic N) is 4. The van der Waals surface area contributed by atoms with Crippen molar-refractivity contribution in [3.8, 4) is 5.75 Å². The van der Waals surface area contributed by atoms with E-state index < -0.39 is 17.7 Å². The van der Waals surface area contributed by atoms with Crippen molar-refractivity contribution in [2.24, 2.45) is 0 Å². The lowest BCUT2D eigenvalue weighted by Gasteiger charge is -2.29. The Bertz CT molecular complexity index is 1440. The van der Waals surface area contributed by atoms with Crippen molar-refractivity contribution in [3.05, 3.63) is 83.3 Å². The first-order valence-corrected chi connectivity index (χ1v) is 13.3. The van der Waals surface area contributed by atoms with E-state index in [1.54, 1.807) is 11.0 Å². The molecule has 1 amide bonds. The van der Waals surface area contributed by atoms with Crippen LogP contribution in [0.4, 0.5) is 0 Å². The van der Waals surface area contributed by atoms with Gasteiger partial charge in [-0.2, -0.15) is 0 Å². The van der Waals surface area contributed by atoms with Gasteiger partial charge in [0, 0.05) is 32.4 Å². The van der Waals surface area contributed by atoms with Crippen LogP contribution in [0.5, 0.6) is 5.75 Å². The maximum Gasteiger partial charge on any atom is 0.295 e. The number of benzene rings is 1. The van der Waals surface area contributed by atoms with Crippen LogP contribution in [0.3, 0.4) is 0 Å². The number of ether oxygens (including phenoxy) is 2. The zero-order chi connectivity index (χ0) is 27.5. The second kappa shape index (κ2) is 11.4. The number of rotatable bonds is 9. The molecular weight excluding hydrogens is 496 g/mol. The standard InChI is InChI=1S/C30H34N4O5/c1-4-16-39-23-10-5-9-22(19-23)26-24(27(35)25-21(3)33-12-6-8-20(2)29(33)31-25)28(36)30(37)34(26)13-7-11-32-14-17-38-18-15-32/h4-6,8-10,12,19,26,35H,1,7,11,13-18H2,2-3H3/b27-24+. The van der Waals surface area contributed by atoms with Crippen LogP contribution < -0.4 is 4.74 Å². The second-order valence-corrected chi connectivity index (χ2v) is 9.90. The Morgan fingerprint density at radius 1 is 1.18 bits per heavy atom. The molecule has 2 fully saturated rings. The van der Waals surface area contributed by atoms with Gasteiger partial charge in [-0.1, -0.05) is 30.9 Å². The van der Waals surface area contributed by atoms with Crippen molar-refractivity contribution in [2.45, 2.75) is 26.3 Å². The number of carbonyl (C=O) groups excluding carboxylic acids is 2. The summed E-state index contributed by atoms with van der Waals surface area (Å²) in [6.07, 6.45) is 4.20. The number of likely N-dealkylation sites (tertiary alicyclic amines) is 1. The number of carbonyl (C=O) groups is 2. The van der Waals surface area contributed by atoms with Crippen LogP contribution in [0, 0.1) is 13.8 Å². The lowest BCUT2D eigenvalue weighted by molar-refractivity contribution is -0.140. The van der Waals surface area contributed by atoms with Crippen LogP contribution in [0.15, 0.2) is 60.8 Å². The minimum atomic E-state index is -0.771. The van der Waals surface area contributed by atoms with E-state index in [1.807, 2.05) is 60.8 Å². The quantitative estimate of drug-likeness (QED) is 0.195. The Morgan fingerprint density at radius 2 is 1.97 bits per heavy atom. The molecule has 1 unspecified atom stereocenters. The molecule has 0 bridgehead atoms. The number of aromatic nitrogens is 2. The molecule has 2 aromatic heterocycles. The van der Waals surface area contributed by atoms with Crippen molar-refractivity contribution in [1.29, 1.82) is 0 Å². The number of pyridine rings is 1. The molecule has 0 saturated carbocycles. The first-order chi connectivity index (χ1) is 18.9. The Kier molecular flexibility index (Phi) is 7.81. The summed E-state index contributed by atoms with van der Waals surface area (Å²) < 4.78 is 13.1. The van der Waals surface area contributed by atoms with E-state index in [0.717, 1.165) is 25.2 Å². The summed E-state index contributed by atoms with van der Waals surface area (Å²) in [6, 6.07) is 10.4. The van der Waals surface area contributed by atoms with E-state index in [9.17, 15) is 14.7 Å². The molecule has 1 aromatic carbocycles. The maximum atomic E-state index is 13.5. The highest BCUT2D eigenvalue weighted by atomic mass is 16.5. The molecule has 4 heterocycles. The lowest BCUT2D eigenvalue weighted by Crippen LogP contribution is -2.38. The Balaban J connectivity index is 1.56. The molecule has 3 aromatic rings. The number of ketones is 1. The SMILES string of the molecule is C=CCOc1cccc(C2/C(=C(\O)c3nc4c(C)cccn4c3C)C(=O)C(=O)N2CCCN2CCOCC2)c1. The summed E-state index contributed by atoms with van der Waals surface area (Å²) in [4.78, 5) is 35.5. The molecule has 5 rings (SSSR count). The van der Waals surface area contributed by atoms with Gasteiger partial charge >= 0.3 is 0 Å². The zero-order valence-electron chi connectivity index (χ0n) is 22.4. The largest absolute Gasteiger partial charge is 0.505 e. The van der Waals surface area contributed by atoms with E-state index in [1.165, 1.54) is 0 Å². The third-order valence-electron chi connectivity index (χ3n) is 7.37. The number of imidazole rings is 1. The second-order valence-electron chi connectivity index (χ2n) is 9.90. The maximum absolute atomic E-state index is 13.5. The Hall–Kier alpha value is -3.95. The first-order valence-electron chi connectivity index (χ1n) is 13.3. The Labute approximate surface area is 228 Å². The number of amides is 1. The van der Waals surface area contributed by atoms with E-state index in [0.29, 0.717) is 61.1 Å². The summed E-state index contributed by atoms with van der Waals surface area (Å²) in [5.41, 5.74) is 3.32. The van der Waals surface area contributed by atoms with Gasteiger partial charge in [0.25, 0.3) is 11.7 Å². The van der Waals surface area contributed by atoms with E-state index in [4.69, 9.17) is 9.47 Å². The first kappa shape index (κ1) is 26.6. The molecule has 0 radical (unpaired) electrons. The summed E-state index contributed by atoms with van der Waals surface area (Å²) in [7, 11) is 0. The smallest absolute Gasteiger partial charge is 0.295 e.